The van der Waals surface area contributed by atoms with Gasteiger partial charge in [0.25, 0.3) is 5.91 Å². The minimum Gasteiger partial charge on any atom is -0.341 e. The first-order valence-electron chi connectivity index (χ1n) is 8.60. The summed E-state index contributed by atoms with van der Waals surface area (Å²) in [6.45, 7) is 3.33. The predicted molar refractivity (Wildman–Crippen MR) is 96.9 cm³/mol. The molecule has 0 saturated carbocycles. The van der Waals surface area contributed by atoms with E-state index in [1.165, 1.54) is 0 Å². The number of nitrogens with zero attached hydrogens (tertiary/aromatic N) is 2. The van der Waals surface area contributed by atoms with Crippen molar-refractivity contribution in [2.75, 3.05) is 33.2 Å². The van der Waals surface area contributed by atoms with Gasteiger partial charge in [0.1, 0.15) is 0 Å². The van der Waals surface area contributed by atoms with Gasteiger partial charge >= 0.3 is 6.03 Å². The molecule has 3 amide bonds. The second-order valence-electron chi connectivity index (χ2n) is 6.69. The third-order valence-electron chi connectivity index (χ3n) is 5.31. The Hall–Kier alpha value is -1.56. The minimum atomic E-state index is 0.0203. The zero-order valence-corrected chi connectivity index (χ0v) is 15.6. The molecule has 3 rings (SSSR count). The average Bonchev–Trinajstić information content (AvgIpc) is 3.11. The maximum atomic E-state index is 12.6. The fourth-order valence-electron chi connectivity index (χ4n) is 3.86. The largest absolute Gasteiger partial charge is 0.341 e. The van der Waals surface area contributed by atoms with Crippen LogP contribution in [0, 0.1) is 11.8 Å². The van der Waals surface area contributed by atoms with Crippen molar-refractivity contribution < 1.29 is 9.59 Å². The second-order valence-corrected chi connectivity index (χ2v) is 7.60. The van der Waals surface area contributed by atoms with Crippen molar-refractivity contribution in [2.45, 2.75) is 19.3 Å². The molecular weight excluding hydrogens is 370 g/mol. The first-order valence-corrected chi connectivity index (χ1v) is 9.39. The van der Waals surface area contributed by atoms with Crippen molar-refractivity contribution in [2.24, 2.45) is 11.8 Å². The third-order valence-corrected chi connectivity index (χ3v) is 5.84. The monoisotopic (exact) mass is 393 g/mol. The first-order chi connectivity index (χ1) is 11.6. The molecule has 5 nitrogen and oxygen atoms in total. The van der Waals surface area contributed by atoms with Gasteiger partial charge in [0.15, 0.2) is 0 Å². The maximum Gasteiger partial charge on any atom is 0.317 e. The van der Waals surface area contributed by atoms with Crippen molar-refractivity contribution >= 4 is 27.9 Å². The van der Waals surface area contributed by atoms with Crippen LogP contribution in [-0.2, 0) is 0 Å². The summed E-state index contributed by atoms with van der Waals surface area (Å²) in [4.78, 5) is 28.2. The van der Waals surface area contributed by atoms with Crippen LogP contribution in [0.25, 0.3) is 0 Å². The molecule has 0 spiro atoms. The maximum absolute atomic E-state index is 12.6. The molecule has 2 aliphatic heterocycles. The molecular formula is C18H24BrN3O2. The molecule has 0 bridgehead atoms. The second kappa shape index (κ2) is 7.55. The van der Waals surface area contributed by atoms with Gasteiger partial charge in [-0.05, 0) is 55.4 Å². The van der Waals surface area contributed by atoms with Crippen LogP contribution in [0.1, 0.15) is 29.6 Å². The van der Waals surface area contributed by atoms with Gasteiger partial charge in [-0.25, -0.2) is 4.79 Å². The molecule has 2 fully saturated rings. The van der Waals surface area contributed by atoms with E-state index in [-0.39, 0.29) is 11.9 Å². The van der Waals surface area contributed by atoms with Crippen LogP contribution < -0.4 is 5.32 Å². The molecule has 24 heavy (non-hydrogen) atoms. The number of halogens is 1. The van der Waals surface area contributed by atoms with Gasteiger partial charge in [0.05, 0.1) is 0 Å². The van der Waals surface area contributed by atoms with Crippen molar-refractivity contribution in [3.8, 4) is 0 Å². The zero-order chi connectivity index (χ0) is 17.1. The van der Waals surface area contributed by atoms with E-state index in [9.17, 15) is 9.59 Å². The van der Waals surface area contributed by atoms with Gasteiger partial charge in [-0.2, -0.15) is 0 Å². The lowest BCUT2D eigenvalue weighted by atomic mass is 9.84. The highest BCUT2D eigenvalue weighted by Gasteiger charge is 2.34. The molecule has 6 heteroatoms. The Morgan fingerprint density at radius 1 is 1.00 bits per heavy atom. The summed E-state index contributed by atoms with van der Waals surface area (Å²) in [5.41, 5.74) is 0.758. The normalized spacial score (nSPS) is 21.8. The molecule has 130 valence electrons. The lowest BCUT2D eigenvalue weighted by molar-refractivity contribution is 0.0777. The molecule has 0 aromatic heterocycles. The minimum absolute atomic E-state index is 0.0203. The van der Waals surface area contributed by atoms with Crippen LogP contribution in [0.4, 0.5) is 4.79 Å². The van der Waals surface area contributed by atoms with E-state index in [0.717, 1.165) is 55.5 Å². The number of carbonyl (C=O) groups excluding carboxylic acids is 2. The summed E-state index contributed by atoms with van der Waals surface area (Å²) in [7, 11) is 1.68. The van der Waals surface area contributed by atoms with Crippen LogP contribution in [0.2, 0.25) is 0 Å². The van der Waals surface area contributed by atoms with E-state index in [1.807, 2.05) is 34.1 Å². The van der Waals surface area contributed by atoms with Crippen molar-refractivity contribution in [3.63, 3.8) is 0 Å². The van der Waals surface area contributed by atoms with Crippen LogP contribution >= 0.6 is 15.9 Å². The molecule has 1 N–H and O–H groups in total. The number of rotatable bonds is 2. The molecule has 0 aliphatic carbocycles. The highest BCUT2D eigenvalue weighted by Crippen LogP contribution is 2.32. The molecule has 2 heterocycles. The summed E-state index contributed by atoms with van der Waals surface area (Å²) in [5.74, 6) is 1.32. The molecule has 2 saturated heterocycles. The van der Waals surface area contributed by atoms with E-state index in [0.29, 0.717) is 11.8 Å². The number of hydrogen-bond acceptors (Lipinski definition) is 2. The van der Waals surface area contributed by atoms with Crippen LogP contribution in [-0.4, -0.2) is 55.0 Å². The van der Waals surface area contributed by atoms with Crippen LogP contribution in [0.3, 0.4) is 0 Å². The van der Waals surface area contributed by atoms with Gasteiger partial charge in [0.2, 0.25) is 0 Å². The number of likely N-dealkylation sites (tertiary alicyclic amines) is 2. The van der Waals surface area contributed by atoms with Crippen LogP contribution in [0.15, 0.2) is 28.7 Å². The van der Waals surface area contributed by atoms with Gasteiger partial charge in [0, 0.05) is 43.3 Å². The highest BCUT2D eigenvalue weighted by atomic mass is 79.9. The van der Waals surface area contributed by atoms with Crippen molar-refractivity contribution in [3.05, 3.63) is 34.3 Å². The van der Waals surface area contributed by atoms with Crippen molar-refractivity contribution in [1.82, 2.24) is 15.1 Å². The van der Waals surface area contributed by atoms with E-state index >= 15 is 0 Å². The molecule has 1 aromatic carbocycles. The van der Waals surface area contributed by atoms with Gasteiger partial charge < -0.3 is 15.1 Å². The number of benzene rings is 1. The number of hydrogen-bond donors (Lipinski definition) is 1. The number of urea groups is 1. The standard InChI is InChI=1S/C18H24BrN3O2/c1-20-18(24)21-9-6-13(7-10-21)15-8-11-22(12-15)17(23)14-2-4-16(19)5-3-14/h2-5,13,15H,6-12H2,1H3,(H,20,24). The Balaban J connectivity index is 1.53. The van der Waals surface area contributed by atoms with E-state index in [4.69, 9.17) is 0 Å². The average molecular weight is 394 g/mol. The third kappa shape index (κ3) is 3.74. The van der Waals surface area contributed by atoms with E-state index < -0.39 is 0 Å². The van der Waals surface area contributed by atoms with Gasteiger partial charge in [-0.1, -0.05) is 15.9 Å². The quantitative estimate of drug-likeness (QED) is 0.839. The number of piperidine rings is 1. The highest BCUT2D eigenvalue weighted by molar-refractivity contribution is 9.10. The Morgan fingerprint density at radius 2 is 1.58 bits per heavy atom. The van der Waals surface area contributed by atoms with Crippen molar-refractivity contribution in [1.29, 1.82) is 0 Å². The fraction of sp³-hybridized carbons (Fsp3) is 0.556. The molecule has 1 unspecified atom stereocenters. The van der Waals surface area contributed by atoms with E-state index in [2.05, 4.69) is 21.2 Å². The lowest BCUT2D eigenvalue weighted by Crippen LogP contribution is -2.44. The first kappa shape index (κ1) is 17.3. The fourth-order valence-corrected chi connectivity index (χ4v) is 4.13. The Morgan fingerprint density at radius 3 is 2.21 bits per heavy atom. The Bertz CT molecular complexity index is 597. The number of amides is 3. The van der Waals surface area contributed by atoms with Crippen LogP contribution in [0.5, 0.6) is 0 Å². The summed E-state index contributed by atoms with van der Waals surface area (Å²) >= 11 is 3.40. The van der Waals surface area contributed by atoms with Gasteiger partial charge in [-0.15, -0.1) is 0 Å². The lowest BCUT2D eigenvalue weighted by Gasteiger charge is -2.34. The zero-order valence-electron chi connectivity index (χ0n) is 14.0. The number of carbonyl (C=O) groups is 2. The predicted octanol–water partition coefficient (Wildman–Crippen LogP) is 2.96. The summed E-state index contributed by atoms with van der Waals surface area (Å²) in [5, 5.41) is 2.69. The molecule has 0 radical (unpaired) electrons. The van der Waals surface area contributed by atoms with Gasteiger partial charge in [-0.3, -0.25) is 4.79 Å². The number of nitrogens with one attached hydrogen (secondary N) is 1. The molecule has 1 atom stereocenters. The molecule has 2 aliphatic rings. The Kier molecular flexibility index (Phi) is 5.43. The summed E-state index contributed by atoms with van der Waals surface area (Å²) in [6, 6.07) is 7.60. The topological polar surface area (TPSA) is 52.7 Å². The smallest absolute Gasteiger partial charge is 0.317 e. The Labute approximate surface area is 151 Å². The summed E-state index contributed by atoms with van der Waals surface area (Å²) < 4.78 is 0.987. The summed E-state index contributed by atoms with van der Waals surface area (Å²) in [6.07, 6.45) is 3.16. The van der Waals surface area contributed by atoms with E-state index in [1.54, 1.807) is 7.05 Å². The SMILES string of the molecule is CNC(=O)N1CCC(C2CCN(C(=O)c3ccc(Br)cc3)C2)CC1. The molecule has 1 aromatic rings.